The average molecular weight is 738 g/mol. The molecule has 0 saturated carbocycles. The van der Waals surface area contributed by atoms with Gasteiger partial charge >= 0.3 is 37.3 Å². The molecule has 233 valence electrons. The Morgan fingerprint density at radius 2 is 0.825 bits per heavy atom. The summed E-state index contributed by atoms with van der Waals surface area (Å²) in [4.78, 5) is 17.9. The largest absolute Gasteiger partial charge is 3.00 e. The smallest absolute Gasteiger partial charge is 0.668 e. The number of aromatic nitrogens is 2. The molecule has 5 nitrogen and oxygen atoms in total. The molecule has 0 aliphatic carbocycles. The van der Waals surface area contributed by atoms with E-state index in [0.717, 1.165) is 22.8 Å². The minimum Gasteiger partial charge on any atom is -0.668 e. The molecule has 1 radical (unpaired) electrons. The van der Waals surface area contributed by atoms with Crippen LogP contribution in [0.4, 0.5) is 0 Å². The van der Waals surface area contributed by atoms with E-state index in [1.54, 1.807) is 0 Å². The quantitative estimate of drug-likeness (QED) is 0.232. The van der Waals surface area contributed by atoms with Crippen LogP contribution in [0.15, 0.2) is 34.3 Å². The van der Waals surface area contributed by atoms with E-state index in [1.807, 2.05) is 24.6 Å². The second-order valence-electron chi connectivity index (χ2n) is 16.3. The van der Waals surface area contributed by atoms with Gasteiger partial charge in [0.15, 0.2) is 0 Å². The number of rotatable bonds is 4. The SMILES string of the molecule is CC(C)(C)N=Cc1ccc(C(C)(C)C)[n-]1.CC(C)(C)N=Cc1ccc(C(C)(C)C)[n-]1.C[Si](C)(C)[N-][Si](C)(C)C.[Er+3]. The Bertz CT molecular complexity index is 955. The molecule has 0 aliphatic rings. The van der Waals surface area contributed by atoms with Crippen molar-refractivity contribution >= 4 is 28.9 Å². The zero-order valence-electron chi connectivity index (χ0n) is 29.0. The van der Waals surface area contributed by atoms with Gasteiger partial charge in [-0.3, -0.25) is 9.98 Å². The molecule has 2 aromatic heterocycles. The van der Waals surface area contributed by atoms with Crippen molar-refractivity contribution in [2.24, 2.45) is 9.98 Å². The van der Waals surface area contributed by atoms with Crippen molar-refractivity contribution in [3.8, 4) is 0 Å². The van der Waals surface area contributed by atoms with Gasteiger partial charge in [-0.05, 0) is 52.4 Å². The summed E-state index contributed by atoms with van der Waals surface area (Å²) in [5, 5.41) is 0. The molecule has 2 heterocycles. The minimum absolute atomic E-state index is 0. The molecule has 2 rings (SSSR count). The fourth-order valence-corrected chi connectivity index (χ4v) is 11.3. The van der Waals surface area contributed by atoms with Crippen LogP contribution in [0.1, 0.15) is 106 Å². The van der Waals surface area contributed by atoms with Crippen molar-refractivity contribution in [3.05, 3.63) is 51.7 Å². The molecule has 8 heteroatoms. The fourth-order valence-electron chi connectivity index (χ4n) is 3.26. The monoisotopic (exact) mass is 736 g/mol. The van der Waals surface area contributed by atoms with Crippen molar-refractivity contribution < 1.29 is 37.3 Å². The number of nitrogens with zero attached hydrogens (tertiary/aromatic N) is 5. The normalized spacial score (nSPS) is 13.4. The molecule has 0 spiro atoms. The van der Waals surface area contributed by atoms with E-state index in [1.165, 1.54) is 0 Å². The van der Waals surface area contributed by atoms with Crippen LogP contribution >= 0.6 is 0 Å². The Labute approximate surface area is 280 Å². The van der Waals surface area contributed by atoms with Gasteiger partial charge < -0.3 is 14.6 Å². The van der Waals surface area contributed by atoms with E-state index in [4.69, 9.17) is 4.65 Å². The first-order chi connectivity index (χ1) is 17.1. The van der Waals surface area contributed by atoms with Crippen LogP contribution in [0.3, 0.4) is 0 Å². The van der Waals surface area contributed by atoms with E-state index in [2.05, 4.69) is 154 Å². The maximum absolute atomic E-state index is 4.82. The molecule has 0 bridgehead atoms. The van der Waals surface area contributed by atoms with Crippen molar-refractivity contribution in [2.45, 2.75) is 144 Å². The van der Waals surface area contributed by atoms with Crippen molar-refractivity contribution in [1.29, 1.82) is 0 Å². The van der Waals surface area contributed by atoms with Gasteiger partial charge in [-0.15, -0.1) is 11.4 Å². The van der Waals surface area contributed by atoms with Crippen LogP contribution in [0.25, 0.3) is 4.65 Å². The first-order valence-electron chi connectivity index (χ1n) is 14.2. The van der Waals surface area contributed by atoms with E-state index in [9.17, 15) is 0 Å². The first-order valence-corrected chi connectivity index (χ1v) is 21.1. The van der Waals surface area contributed by atoms with Gasteiger partial charge in [-0.2, -0.15) is 11.4 Å². The topological polar surface area (TPSA) is 67.0 Å². The third-order valence-electron chi connectivity index (χ3n) is 4.70. The Morgan fingerprint density at radius 3 is 0.975 bits per heavy atom. The Kier molecular flexibility index (Phi) is 16.5. The van der Waals surface area contributed by atoms with Gasteiger partial charge in [0.1, 0.15) is 0 Å². The Hall–Kier alpha value is -0.459. The second kappa shape index (κ2) is 15.8. The zero-order valence-corrected chi connectivity index (χ0v) is 32.8. The van der Waals surface area contributed by atoms with Gasteiger partial charge in [-0.1, -0.05) is 122 Å². The summed E-state index contributed by atoms with van der Waals surface area (Å²) in [6.45, 7) is 39.3. The summed E-state index contributed by atoms with van der Waals surface area (Å²) in [5.74, 6) is 0. The van der Waals surface area contributed by atoms with Crippen LogP contribution < -0.4 is 9.97 Å². The van der Waals surface area contributed by atoms with Crippen LogP contribution in [-0.2, 0) is 10.8 Å². The van der Waals surface area contributed by atoms with Gasteiger partial charge in [0.25, 0.3) is 0 Å². The summed E-state index contributed by atoms with van der Waals surface area (Å²) in [6.07, 6.45) is 3.71. The number of hydrogen-bond acceptors (Lipinski definition) is 2. The van der Waals surface area contributed by atoms with Gasteiger partial charge in [0.05, 0.1) is 11.1 Å². The van der Waals surface area contributed by atoms with Crippen LogP contribution in [-0.4, -0.2) is 40.0 Å². The molecule has 0 aromatic carbocycles. The van der Waals surface area contributed by atoms with Gasteiger partial charge in [-0.25, -0.2) is 0 Å². The molecule has 2 aromatic rings. The predicted molar refractivity (Wildman–Crippen MR) is 182 cm³/mol. The van der Waals surface area contributed by atoms with E-state index >= 15 is 0 Å². The molecular formula is C32H60ErN5Si2. The number of aliphatic imine (C=N–C) groups is 2. The average Bonchev–Trinajstić information content (AvgIpc) is 3.31. The Morgan fingerprint density at radius 1 is 0.550 bits per heavy atom. The molecule has 40 heavy (non-hydrogen) atoms. The van der Waals surface area contributed by atoms with E-state index in [-0.39, 0.29) is 59.2 Å². The maximum atomic E-state index is 4.82. The molecule has 0 unspecified atom stereocenters. The third-order valence-corrected chi connectivity index (χ3v) is 10.1. The summed E-state index contributed by atoms with van der Waals surface area (Å²) in [6, 6.07) is 8.19. The van der Waals surface area contributed by atoms with Crippen LogP contribution in [0.5, 0.6) is 0 Å². The molecule has 0 N–H and O–H groups in total. The van der Waals surface area contributed by atoms with Crippen LogP contribution in [0, 0.1) is 37.3 Å². The zero-order chi connectivity index (χ0) is 31.1. The minimum atomic E-state index is -1.11. The van der Waals surface area contributed by atoms with Crippen LogP contribution in [0.2, 0.25) is 39.3 Å². The molecule has 0 saturated heterocycles. The molecule has 0 fully saturated rings. The van der Waals surface area contributed by atoms with E-state index in [0.29, 0.717) is 0 Å². The molecule has 0 atom stereocenters. The van der Waals surface area contributed by atoms with Crippen molar-refractivity contribution in [3.63, 3.8) is 0 Å². The summed E-state index contributed by atoms with van der Waals surface area (Å²) < 4.78 is 4.82. The molecule has 0 amide bonds. The first kappa shape index (κ1) is 41.7. The maximum Gasteiger partial charge on any atom is 3.00 e. The summed E-state index contributed by atoms with van der Waals surface area (Å²) in [7, 11) is -2.21. The Balaban J connectivity index is 0. The number of hydrogen-bond donors (Lipinski definition) is 0. The standard InChI is InChI=1S/2C13H21N2.C6H18NSi2.Er/c2*1-12(2,3)11-8-7-10(15-11)9-14-13(4,5)6;1-8(2,3)7-9(4,5)6;/h2*7-9H,1-6H3;1-6H3;/q3*-1;+3. The predicted octanol–water partition coefficient (Wildman–Crippen LogP) is 9.35. The van der Waals surface area contributed by atoms with Crippen molar-refractivity contribution in [1.82, 2.24) is 9.97 Å². The fraction of sp³-hybridized carbons (Fsp3) is 0.688. The third kappa shape index (κ3) is 22.2. The van der Waals surface area contributed by atoms with E-state index < -0.39 is 16.5 Å². The van der Waals surface area contributed by atoms with Crippen molar-refractivity contribution in [2.75, 3.05) is 0 Å². The van der Waals surface area contributed by atoms with Gasteiger partial charge in [0.2, 0.25) is 0 Å². The molecule has 0 aliphatic heterocycles. The van der Waals surface area contributed by atoms with Gasteiger partial charge in [0, 0.05) is 12.4 Å². The summed E-state index contributed by atoms with van der Waals surface area (Å²) >= 11 is 0. The molecular weight excluding hydrogens is 678 g/mol. The second-order valence-corrected chi connectivity index (χ2v) is 25.9. The summed E-state index contributed by atoms with van der Waals surface area (Å²) in [5.41, 5.74) is 4.34.